The van der Waals surface area contributed by atoms with Crippen LogP contribution in [0.1, 0.15) is 43.3 Å². The summed E-state index contributed by atoms with van der Waals surface area (Å²) in [6.07, 6.45) is 3.84. The largest absolute Gasteiger partial charge is 0.337 e. The summed E-state index contributed by atoms with van der Waals surface area (Å²) < 4.78 is 31.4. The molecule has 1 saturated heterocycles. The van der Waals surface area contributed by atoms with E-state index in [-0.39, 0.29) is 11.4 Å². The number of hydrogen-bond acceptors (Lipinski definition) is 8. The molecular formula is C18H19N5O4S. The van der Waals surface area contributed by atoms with E-state index >= 15 is 0 Å². The minimum atomic E-state index is -3.99. The summed E-state index contributed by atoms with van der Waals surface area (Å²) in [5, 5.41) is 9.23. The number of para-hydroxylation sites is 1. The van der Waals surface area contributed by atoms with Gasteiger partial charge in [0.1, 0.15) is 6.54 Å². The highest BCUT2D eigenvalue weighted by atomic mass is 32.2. The molecule has 0 spiro atoms. The number of anilines is 1. The molecule has 0 atom stereocenters. The van der Waals surface area contributed by atoms with Crippen molar-refractivity contribution >= 4 is 26.5 Å². The molecule has 1 aromatic heterocycles. The molecule has 146 valence electrons. The van der Waals surface area contributed by atoms with E-state index in [1.165, 1.54) is 11.1 Å². The molecule has 3 heterocycles. The van der Waals surface area contributed by atoms with E-state index in [1.54, 1.807) is 23.1 Å². The van der Waals surface area contributed by atoms with Crippen LogP contribution in [-0.2, 0) is 21.2 Å². The zero-order chi connectivity index (χ0) is 19.3. The normalized spacial score (nSPS) is 20.8. The van der Waals surface area contributed by atoms with E-state index < -0.39 is 20.8 Å². The Morgan fingerprint density at radius 2 is 1.93 bits per heavy atom. The van der Waals surface area contributed by atoms with Crippen LogP contribution >= 0.6 is 0 Å². The summed E-state index contributed by atoms with van der Waals surface area (Å²) in [6.45, 7) is 1.19. The number of aromatic nitrogens is 2. The Morgan fingerprint density at radius 1 is 1.18 bits per heavy atom. The highest BCUT2D eigenvalue weighted by molar-refractivity contribution is 8.08. The molecule has 0 radical (unpaired) electrons. The third-order valence-corrected chi connectivity index (χ3v) is 6.88. The summed E-state index contributed by atoms with van der Waals surface area (Å²) in [7, 11) is -3.99. The summed E-state index contributed by atoms with van der Waals surface area (Å²) in [5.41, 5.74) is 0.395. The van der Waals surface area contributed by atoms with Crippen molar-refractivity contribution in [2.75, 3.05) is 18.1 Å². The zero-order valence-electron chi connectivity index (χ0n) is 15.1. The molecule has 5 rings (SSSR count). The molecule has 1 aliphatic carbocycles. The van der Waals surface area contributed by atoms with Crippen molar-refractivity contribution < 1.29 is 17.7 Å². The number of nitrogens with zero attached hydrogens (tertiary/aromatic N) is 5. The highest BCUT2D eigenvalue weighted by Crippen LogP contribution is 2.38. The summed E-state index contributed by atoms with van der Waals surface area (Å²) in [4.78, 5) is 18.9. The number of carbonyl (C=O) groups excluding carboxylic acids is 1. The van der Waals surface area contributed by atoms with Crippen LogP contribution in [0.5, 0.6) is 0 Å². The number of hydrazone groups is 1. The number of likely N-dealkylation sites (tertiary alicyclic amines) is 1. The second-order valence-electron chi connectivity index (χ2n) is 7.25. The Hall–Kier alpha value is -2.75. The van der Waals surface area contributed by atoms with Gasteiger partial charge in [-0.25, -0.2) is 8.42 Å². The fourth-order valence-corrected chi connectivity index (χ4v) is 5.00. The van der Waals surface area contributed by atoms with Crippen molar-refractivity contribution in [2.45, 2.75) is 43.0 Å². The molecule has 2 fully saturated rings. The lowest BCUT2D eigenvalue weighted by atomic mass is 10.3. The summed E-state index contributed by atoms with van der Waals surface area (Å²) in [5.74, 6) is 0.807. The van der Waals surface area contributed by atoms with E-state index in [4.69, 9.17) is 4.52 Å². The number of fused-ring (bicyclic) bond motifs is 1. The lowest BCUT2D eigenvalue weighted by Gasteiger charge is -2.27. The van der Waals surface area contributed by atoms with Gasteiger partial charge in [0.05, 0.1) is 10.6 Å². The van der Waals surface area contributed by atoms with Crippen molar-refractivity contribution in [3.05, 3.63) is 36.0 Å². The average molecular weight is 401 g/mol. The maximum atomic E-state index is 13.0. The smallest absolute Gasteiger partial charge is 0.286 e. The molecule has 10 heteroatoms. The molecule has 28 heavy (non-hydrogen) atoms. The SMILES string of the molecule is O=C(C1=NN(Cc2nc(C3CC3)no2)c2ccccc2S1(=O)=O)N1CCCC1. The molecule has 1 saturated carbocycles. The van der Waals surface area contributed by atoms with E-state index in [2.05, 4.69) is 15.2 Å². The first kappa shape index (κ1) is 17.4. The van der Waals surface area contributed by atoms with Crippen molar-refractivity contribution in [1.82, 2.24) is 15.0 Å². The Labute approximate surface area is 161 Å². The number of rotatable bonds is 4. The molecule has 0 unspecified atom stereocenters. The number of amides is 1. The van der Waals surface area contributed by atoms with Crippen LogP contribution in [0.15, 0.2) is 38.8 Å². The molecule has 1 aromatic carbocycles. The van der Waals surface area contributed by atoms with Crippen LogP contribution in [0, 0.1) is 0 Å². The van der Waals surface area contributed by atoms with Gasteiger partial charge in [-0.2, -0.15) is 10.1 Å². The standard InChI is InChI=1S/C18H19N5O4S/c24-18(22-9-3-4-10-22)17-20-23(11-15-19-16(21-27-15)12-7-8-12)13-5-1-2-6-14(13)28(17,25)26/h1-2,5-6,12H,3-4,7-11H2. The third-order valence-electron chi connectivity index (χ3n) is 5.19. The van der Waals surface area contributed by atoms with Gasteiger partial charge in [-0.05, 0) is 37.8 Å². The van der Waals surface area contributed by atoms with E-state index in [0.717, 1.165) is 25.7 Å². The molecule has 1 amide bonds. The maximum absolute atomic E-state index is 13.0. The van der Waals surface area contributed by atoms with Crippen molar-refractivity contribution in [3.63, 3.8) is 0 Å². The second kappa shape index (κ2) is 6.40. The van der Waals surface area contributed by atoms with Crippen molar-refractivity contribution in [2.24, 2.45) is 5.10 Å². The lowest BCUT2D eigenvalue weighted by Crippen LogP contribution is -2.42. The van der Waals surface area contributed by atoms with E-state index in [1.807, 2.05) is 0 Å². The van der Waals surface area contributed by atoms with Gasteiger partial charge >= 0.3 is 0 Å². The van der Waals surface area contributed by atoms with E-state index in [0.29, 0.717) is 36.4 Å². The minimum absolute atomic E-state index is 0.0643. The van der Waals surface area contributed by atoms with Crippen molar-refractivity contribution in [1.29, 1.82) is 0 Å². The van der Waals surface area contributed by atoms with Crippen LogP contribution < -0.4 is 5.01 Å². The first-order valence-electron chi connectivity index (χ1n) is 9.36. The Morgan fingerprint density at radius 3 is 2.68 bits per heavy atom. The van der Waals surface area contributed by atoms with Crippen LogP contribution in [-0.4, -0.2) is 47.5 Å². The maximum Gasteiger partial charge on any atom is 0.286 e. The molecule has 2 aromatic rings. The lowest BCUT2D eigenvalue weighted by molar-refractivity contribution is -0.122. The molecular weight excluding hydrogens is 382 g/mol. The molecule has 3 aliphatic rings. The summed E-state index contributed by atoms with van der Waals surface area (Å²) >= 11 is 0. The fraction of sp³-hybridized carbons (Fsp3) is 0.444. The number of sulfone groups is 1. The molecule has 0 bridgehead atoms. The van der Waals surface area contributed by atoms with Gasteiger partial charge in [-0.15, -0.1) is 0 Å². The Bertz CT molecular complexity index is 1070. The van der Waals surface area contributed by atoms with E-state index in [9.17, 15) is 13.2 Å². The minimum Gasteiger partial charge on any atom is -0.337 e. The van der Waals surface area contributed by atoms with Gasteiger partial charge in [0.15, 0.2) is 5.82 Å². The first-order chi connectivity index (χ1) is 13.5. The monoisotopic (exact) mass is 401 g/mol. The third kappa shape index (κ3) is 2.88. The Balaban J connectivity index is 1.53. The number of benzene rings is 1. The van der Waals surface area contributed by atoms with Crippen LogP contribution in [0.4, 0.5) is 5.69 Å². The molecule has 2 aliphatic heterocycles. The van der Waals surface area contributed by atoms with Gasteiger partial charge in [-0.1, -0.05) is 17.3 Å². The topological polar surface area (TPSA) is 109 Å². The zero-order valence-corrected chi connectivity index (χ0v) is 15.9. The van der Waals surface area contributed by atoms with Gasteiger partial charge in [0.2, 0.25) is 20.8 Å². The number of hydrogen-bond donors (Lipinski definition) is 0. The first-order valence-corrected chi connectivity index (χ1v) is 10.8. The Kier molecular flexibility index (Phi) is 3.97. The molecule has 9 nitrogen and oxygen atoms in total. The highest BCUT2D eigenvalue weighted by Gasteiger charge is 2.40. The van der Waals surface area contributed by atoms with Gasteiger partial charge in [0, 0.05) is 19.0 Å². The van der Waals surface area contributed by atoms with Gasteiger partial charge in [-0.3, -0.25) is 9.80 Å². The predicted molar refractivity (Wildman–Crippen MR) is 99.3 cm³/mol. The van der Waals surface area contributed by atoms with Crippen LogP contribution in [0.2, 0.25) is 0 Å². The molecule has 0 N–H and O–H groups in total. The van der Waals surface area contributed by atoms with Crippen LogP contribution in [0.3, 0.4) is 0 Å². The summed E-state index contributed by atoms with van der Waals surface area (Å²) in [6, 6.07) is 6.52. The van der Waals surface area contributed by atoms with Gasteiger partial charge in [0.25, 0.3) is 5.91 Å². The fourth-order valence-electron chi connectivity index (χ4n) is 3.52. The van der Waals surface area contributed by atoms with Crippen LogP contribution in [0.25, 0.3) is 0 Å². The van der Waals surface area contributed by atoms with Crippen molar-refractivity contribution in [3.8, 4) is 0 Å². The second-order valence-corrected chi connectivity index (χ2v) is 9.09. The predicted octanol–water partition coefficient (Wildman–Crippen LogP) is 1.68. The average Bonchev–Trinajstić information content (AvgIpc) is 3.19. The number of carbonyl (C=O) groups is 1. The van der Waals surface area contributed by atoms with Gasteiger partial charge < -0.3 is 9.42 Å². The quantitative estimate of drug-likeness (QED) is 0.767.